The largest absolute Gasteiger partial charge is 0.0730 e. The molecule has 152 valence electrons. The third-order valence-electron chi connectivity index (χ3n) is 7.18. The molecule has 28 heavy (non-hydrogen) atoms. The Kier molecular flexibility index (Phi) is 8.72. The average Bonchev–Trinajstić information content (AvgIpc) is 2.74. The molecule has 3 rings (SSSR count). The first-order valence-corrected chi connectivity index (χ1v) is 12.1. The van der Waals surface area contributed by atoms with Gasteiger partial charge in [-0.15, -0.1) is 0 Å². The minimum Gasteiger partial charge on any atom is -0.0730 e. The molecule has 1 aromatic rings. The van der Waals surface area contributed by atoms with Gasteiger partial charge in [-0.2, -0.15) is 0 Å². The zero-order chi connectivity index (χ0) is 19.6. The molecule has 0 bridgehead atoms. The lowest BCUT2D eigenvalue weighted by molar-refractivity contribution is 0.294. The van der Waals surface area contributed by atoms with Crippen molar-refractivity contribution in [3.63, 3.8) is 0 Å². The van der Waals surface area contributed by atoms with E-state index in [4.69, 9.17) is 0 Å². The normalized spacial score (nSPS) is 28.1. The molecule has 2 aliphatic carbocycles. The second kappa shape index (κ2) is 11.5. The summed E-state index contributed by atoms with van der Waals surface area (Å²) in [6, 6.07) is 9.11. The predicted octanol–water partition coefficient (Wildman–Crippen LogP) is 8.27. The first-order valence-electron chi connectivity index (χ1n) is 12.1. The Morgan fingerprint density at radius 2 is 1.36 bits per heavy atom. The molecule has 0 aromatic heterocycles. The number of allylic oxidation sites excluding steroid dienone is 2. The zero-order valence-corrected chi connectivity index (χ0v) is 18.3. The van der Waals surface area contributed by atoms with E-state index in [0.29, 0.717) is 0 Å². The average molecular weight is 377 g/mol. The fraction of sp³-hybridized carbons (Fsp3) is 0.643. The summed E-state index contributed by atoms with van der Waals surface area (Å²) >= 11 is 0. The molecule has 2 fully saturated rings. The van der Waals surface area contributed by atoms with Crippen LogP contribution in [-0.2, 0) is 0 Å². The molecule has 0 atom stereocenters. The van der Waals surface area contributed by atoms with Gasteiger partial charge in [0.25, 0.3) is 0 Å². The van der Waals surface area contributed by atoms with Crippen LogP contribution in [0.3, 0.4) is 0 Å². The summed E-state index contributed by atoms with van der Waals surface area (Å²) in [6.07, 6.45) is 21.1. The quantitative estimate of drug-likeness (QED) is 0.438. The van der Waals surface area contributed by atoms with E-state index in [1.165, 1.54) is 82.6 Å². The topological polar surface area (TPSA) is 0 Å². The van der Waals surface area contributed by atoms with Crippen LogP contribution in [0.5, 0.6) is 0 Å². The first-order chi connectivity index (χ1) is 13.8. The van der Waals surface area contributed by atoms with Crippen LogP contribution in [0.15, 0.2) is 36.4 Å². The number of benzene rings is 1. The molecule has 0 radical (unpaired) electrons. The molecule has 0 heteroatoms. The van der Waals surface area contributed by atoms with Crippen LogP contribution in [0, 0.1) is 29.6 Å². The number of hydrogen-bond donors (Lipinski definition) is 0. The van der Waals surface area contributed by atoms with Gasteiger partial charge < -0.3 is 0 Å². The first kappa shape index (κ1) is 21.2. The molecule has 0 aliphatic heterocycles. The Labute approximate surface area is 174 Å². The van der Waals surface area contributed by atoms with E-state index in [1.807, 2.05) is 0 Å². The van der Waals surface area contributed by atoms with Crippen LogP contribution in [0.1, 0.15) is 108 Å². The van der Waals surface area contributed by atoms with E-state index >= 15 is 0 Å². The van der Waals surface area contributed by atoms with Gasteiger partial charge in [-0.25, -0.2) is 0 Å². The highest BCUT2D eigenvalue weighted by Gasteiger charge is 2.21. The fourth-order valence-electron chi connectivity index (χ4n) is 5.42. The lowest BCUT2D eigenvalue weighted by atomic mass is 9.77. The smallest absolute Gasteiger partial charge is 0.0249 e. The maximum absolute atomic E-state index is 3.33. The molecule has 0 heterocycles. The summed E-state index contributed by atoms with van der Waals surface area (Å²) in [4.78, 5) is 0. The van der Waals surface area contributed by atoms with Crippen molar-refractivity contribution >= 4 is 0 Å². The lowest BCUT2D eigenvalue weighted by Gasteiger charge is -2.28. The summed E-state index contributed by atoms with van der Waals surface area (Å²) in [6.45, 7) is 4.63. The molecule has 0 unspecified atom stereocenters. The molecule has 0 saturated heterocycles. The van der Waals surface area contributed by atoms with Crippen LogP contribution in [-0.4, -0.2) is 0 Å². The Balaban J connectivity index is 1.44. The summed E-state index contributed by atoms with van der Waals surface area (Å²) in [5.41, 5.74) is 2.68. The Hall–Kier alpha value is -1.48. The SMILES string of the molecule is CCCC1CCC(C=CC#Cc2ccc(C3CCC(CCC)CC3)cc2)CC1. The van der Waals surface area contributed by atoms with Gasteiger partial charge in [-0.3, -0.25) is 0 Å². The van der Waals surface area contributed by atoms with Gasteiger partial charge in [-0.05, 0) is 98.8 Å². The maximum atomic E-state index is 3.33. The van der Waals surface area contributed by atoms with Gasteiger partial charge in [0.1, 0.15) is 0 Å². The summed E-state index contributed by atoms with van der Waals surface area (Å²) < 4.78 is 0. The van der Waals surface area contributed by atoms with Crippen LogP contribution in [0.4, 0.5) is 0 Å². The van der Waals surface area contributed by atoms with Crippen LogP contribution < -0.4 is 0 Å². The molecular formula is C28H40. The monoisotopic (exact) mass is 376 g/mol. The third-order valence-corrected chi connectivity index (χ3v) is 7.18. The molecule has 0 amide bonds. The van der Waals surface area contributed by atoms with E-state index < -0.39 is 0 Å². The van der Waals surface area contributed by atoms with Crippen molar-refractivity contribution < 1.29 is 0 Å². The maximum Gasteiger partial charge on any atom is 0.0249 e. The van der Waals surface area contributed by atoms with Gasteiger partial charge in [0, 0.05) is 5.56 Å². The molecule has 0 spiro atoms. The van der Waals surface area contributed by atoms with E-state index in [-0.39, 0.29) is 0 Å². The third kappa shape index (κ3) is 6.55. The number of rotatable bonds is 6. The summed E-state index contributed by atoms with van der Waals surface area (Å²) in [5, 5.41) is 0. The minimum absolute atomic E-state index is 0.757. The highest BCUT2D eigenvalue weighted by molar-refractivity contribution is 5.39. The molecule has 1 aromatic carbocycles. The Morgan fingerprint density at radius 3 is 1.93 bits per heavy atom. The van der Waals surface area contributed by atoms with Crippen molar-refractivity contribution in [1.82, 2.24) is 0 Å². The summed E-state index contributed by atoms with van der Waals surface area (Å²) in [5.74, 6) is 10.1. The molecular weight excluding hydrogens is 336 g/mol. The zero-order valence-electron chi connectivity index (χ0n) is 18.3. The highest BCUT2D eigenvalue weighted by atomic mass is 14.3. The van der Waals surface area contributed by atoms with Crippen molar-refractivity contribution in [2.24, 2.45) is 17.8 Å². The molecule has 2 saturated carbocycles. The lowest BCUT2D eigenvalue weighted by Crippen LogP contribution is -2.13. The van der Waals surface area contributed by atoms with E-state index in [1.54, 1.807) is 0 Å². The van der Waals surface area contributed by atoms with Crippen molar-refractivity contribution in [1.29, 1.82) is 0 Å². The highest BCUT2D eigenvalue weighted by Crippen LogP contribution is 2.37. The Morgan fingerprint density at radius 1 is 0.786 bits per heavy atom. The standard InChI is InChI=1S/C28H40/c1-3-7-23-11-13-25(14-12-23)9-5-6-10-26-17-21-28(22-18-26)27-19-15-24(8-4-2)16-20-27/h5,9,17-18,21-25,27H,3-4,7-8,11-16,19-20H2,1-2H3. The van der Waals surface area contributed by atoms with Gasteiger partial charge in [-0.1, -0.05) is 69.6 Å². The van der Waals surface area contributed by atoms with Gasteiger partial charge in [0.05, 0.1) is 0 Å². The minimum atomic E-state index is 0.757. The molecule has 0 nitrogen and oxygen atoms in total. The second-order valence-electron chi connectivity index (χ2n) is 9.33. The molecule has 2 aliphatic rings. The number of hydrogen-bond acceptors (Lipinski definition) is 0. The predicted molar refractivity (Wildman–Crippen MR) is 122 cm³/mol. The second-order valence-corrected chi connectivity index (χ2v) is 9.33. The van der Waals surface area contributed by atoms with E-state index in [9.17, 15) is 0 Å². The van der Waals surface area contributed by atoms with Crippen molar-refractivity contribution in [3.8, 4) is 11.8 Å². The van der Waals surface area contributed by atoms with Crippen molar-refractivity contribution in [3.05, 3.63) is 47.5 Å². The van der Waals surface area contributed by atoms with Crippen LogP contribution in [0.25, 0.3) is 0 Å². The van der Waals surface area contributed by atoms with Crippen LogP contribution in [0.2, 0.25) is 0 Å². The Bertz CT molecular complexity index is 638. The van der Waals surface area contributed by atoms with E-state index in [2.05, 4.69) is 62.1 Å². The van der Waals surface area contributed by atoms with Crippen LogP contribution >= 0.6 is 0 Å². The van der Waals surface area contributed by atoms with Gasteiger partial charge in [0.15, 0.2) is 0 Å². The van der Waals surface area contributed by atoms with Crippen molar-refractivity contribution in [2.45, 2.75) is 96.8 Å². The summed E-state index contributed by atoms with van der Waals surface area (Å²) in [7, 11) is 0. The van der Waals surface area contributed by atoms with E-state index in [0.717, 1.165) is 29.2 Å². The van der Waals surface area contributed by atoms with Crippen molar-refractivity contribution in [2.75, 3.05) is 0 Å². The van der Waals surface area contributed by atoms with Gasteiger partial charge >= 0.3 is 0 Å². The molecule has 0 N–H and O–H groups in total. The van der Waals surface area contributed by atoms with Gasteiger partial charge in [0.2, 0.25) is 0 Å². The fourth-order valence-corrected chi connectivity index (χ4v) is 5.42.